The van der Waals surface area contributed by atoms with E-state index in [2.05, 4.69) is 64.7 Å². The molecule has 2 aromatic heterocycles. The number of aromatic nitrogens is 4. The van der Waals surface area contributed by atoms with E-state index in [4.69, 9.17) is 17.3 Å². The minimum atomic E-state index is 0.820. The zero-order chi connectivity index (χ0) is 20.2. The van der Waals surface area contributed by atoms with E-state index in [1.807, 2.05) is 16.9 Å². The third-order valence-corrected chi connectivity index (χ3v) is 5.95. The first-order valence-electron chi connectivity index (χ1n) is 10.5. The minimum Gasteiger partial charge on any atom is -0.310 e. The van der Waals surface area contributed by atoms with E-state index in [0.717, 1.165) is 62.0 Å². The molecule has 2 N–H and O–H groups in total. The molecule has 1 saturated heterocycles. The summed E-state index contributed by atoms with van der Waals surface area (Å²) >= 11 is 5.81. The van der Waals surface area contributed by atoms with E-state index in [1.54, 1.807) is 0 Å². The minimum absolute atomic E-state index is 0.820. The molecule has 0 radical (unpaired) electrons. The van der Waals surface area contributed by atoms with Crippen LogP contribution in [0, 0.1) is 11.7 Å². The van der Waals surface area contributed by atoms with Crippen molar-refractivity contribution in [2.75, 3.05) is 31.1 Å². The van der Waals surface area contributed by atoms with Crippen molar-refractivity contribution in [1.29, 1.82) is 0 Å². The number of pyridine rings is 1. The largest absolute Gasteiger partial charge is 0.310 e. The Kier molecular flexibility index (Phi) is 6.06. The number of rotatable bonds is 6. The fourth-order valence-corrected chi connectivity index (χ4v) is 4.26. The normalized spacial score (nSPS) is 15.0. The van der Waals surface area contributed by atoms with E-state index >= 15 is 0 Å². The van der Waals surface area contributed by atoms with Gasteiger partial charge in [-0.1, -0.05) is 36.8 Å². The molecule has 29 heavy (non-hydrogen) atoms. The monoisotopic (exact) mass is 410 g/mol. The lowest BCUT2D eigenvalue weighted by Gasteiger charge is -2.27. The molecule has 6 nitrogen and oxygen atoms in total. The summed E-state index contributed by atoms with van der Waals surface area (Å²) in [5, 5.41) is 4.95. The molecule has 1 aromatic carbocycles. The summed E-state index contributed by atoms with van der Waals surface area (Å²) in [5.74, 6) is 2.18. The zero-order valence-corrected chi connectivity index (χ0v) is 18.1. The molecule has 1 aliphatic rings. The number of benzene rings is 1. The highest BCUT2D eigenvalue weighted by Crippen LogP contribution is 2.20. The van der Waals surface area contributed by atoms with Crippen molar-refractivity contribution in [3.05, 3.63) is 59.0 Å². The van der Waals surface area contributed by atoms with Crippen LogP contribution < -0.4 is 14.8 Å². The lowest BCUT2D eigenvalue weighted by molar-refractivity contribution is -0.924. The summed E-state index contributed by atoms with van der Waals surface area (Å²) in [7, 11) is 0. The molecule has 0 aliphatic carbocycles. The molecule has 0 bridgehead atoms. The van der Waals surface area contributed by atoms with Gasteiger partial charge in [0.05, 0.1) is 6.20 Å². The summed E-state index contributed by atoms with van der Waals surface area (Å²) < 4.78 is 5.05. The second-order valence-corrected chi connectivity index (χ2v) is 8.13. The summed E-state index contributed by atoms with van der Waals surface area (Å²) in [6, 6.07) is 14.8. The summed E-state index contributed by atoms with van der Waals surface area (Å²) in [6.07, 6.45) is 3.03. The molecule has 152 valence electrons. The lowest BCUT2D eigenvalue weighted by Crippen LogP contribution is -3.14. The van der Waals surface area contributed by atoms with E-state index in [9.17, 15) is 0 Å². The van der Waals surface area contributed by atoms with Crippen LogP contribution in [0.2, 0.25) is 0 Å². The summed E-state index contributed by atoms with van der Waals surface area (Å²) in [5.41, 5.74) is 2.38. The van der Waals surface area contributed by atoms with Crippen LogP contribution >= 0.6 is 12.2 Å². The first-order valence-corrected chi connectivity index (χ1v) is 10.9. The first kappa shape index (κ1) is 19.8. The average molecular weight is 411 g/mol. The van der Waals surface area contributed by atoms with Gasteiger partial charge < -0.3 is 4.90 Å². The number of hydrogen-bond acceptors (Lipinski definition) is 3. The Morgan fingerprint density at radius 1 is 1.14 bits per heavy atom. The number of aryl methyl sites for hydroxylation is 1. The van der Waals surface area contributed by atoms with Gasteiger partial charge in [-0.2, -0.15) is 4.68 Å². The molecule has 7 heteroatoms. The second-order valence-electron chi connectivity index (χ2n) is 7.77. The predicted octanol–water partition coefficient (Wildman–Crippen LogP) is 1.98. The Morgan fingerprint density at radius 2 is 1.97 bits per heavy atom. The zero-order valence-electron chi connectivity index (χ0n) is 17.3. The molecule has 0 unspecified atom stereocenters. The molecule has 0 amide bonds. The van der Waals surface area contributed by atoms with E-state index in [1.165, 1.54) is 16.3 Å². The highest BCUT2D eigenvalue weighted by atomic mass is 32.1. The van der Waals surface area contributed by atoms with Crippen LogP contribution in [0.1, 0.15) is 18.9 Å². The quantitative estimate of drug-likeness (QED) is 0.632. The fraction of sp³-hybridized carbons (Fsp3) is 0.409. The third-order valence-electron chi connectivity index (χ3n) is 5.52. The molecule has 3 heterocycles. The number of nitrogens with one attached hydrogen (secondary N) is 2. The third kappa shape index (κ3) is 4.41. The number of piperazine rings is 1. The van der Waals surface area contributed by atoms with Crippen LogP contribution in [0.25, 0.3) is 11.4 Å². The maximum Gasteiger partial charge on any atom is 0.274 e. The molecule has 0 atom stereocenters. The number of H-pyrrole nitrogens is 1. The van der Waals surface area contributed by atoms with Crippen LogP contribution in [-0.2, 0) is 13.2 Å². The van der Waals surface area contributed by atoms with Gasteiger partial charge in [-0.3, -0.25) is 9.47 Å². The maximum absolute atomic E-state index is 5.81. The second kappa shape index (κ2) is 8.88. The van der Waals surface area contributed by atoms with Crippen molar-refractivity contribution < 1.29 is 9.88 Å². The highest BCUT2D eigenvalue weighted by Gasteiger charge is 2.26. The standard InChI is InChI=1S/C22H28N6S/c1-3-11-27-21(19-8-6-7-18(2)16-19)24-28(22(27)29)17-25-12-14-26(15-13-25)20-9-4-5-10-23-20/h4-10,16H,3,11-15,17H2,1-2H3/p+2. The van der Waals surface area contributed by atoms with Gasteiger partial charge in [-0.05, 0) is 37.7 Å². The number of hydrogen-bond donors (Lipinski definition) is 1. The van der Waals surface area contributed by atoms with Gasteiger partial charge in [0, 0.05) is 18.2 Å². The molecule has 1 aliphatic heterocycles. The molecular weight excluding hydrogens is 380 g/mol. The van der Waals surface area contributed by atoms with Gasteiger partial charge in [0.1, 0.15) is 26.2 Å². The van der Waals surface area contributed by atoms with Crippen LogP contribution in [0.3, 0.4) is 0 Å². The molecule has 3 aromatic rings. The van der Waals surface area contributed by atoms with Crippen LogP contribution in [0.4, 0.5) is 5.82 Å². The van der Waals surface area contributed by atoms with Gasteiger partial charge >= 0.3 is 0 Å². The van der Waals surface area contributed by atoms with Gasteiger partial charge in [0.2, 0.25) is 4.77 Å². The smallest absolute Gasteiger partial charge is 0.274 e. The number of nitrogens with zero attached hydrogens (tertiary/aromatic N) is 4. The first-order chi connectivity index (χ1) is 14.2. The van der Waals surface area contributed by atoms with Crippen LogP contribution in [0.15, 0.2) is 48.7 Å². The number of aromatic amines is 1. The van der Waals surface area contributed by atoms with Crippen molar-refractivity contribution in [3.8, 4) is 11.4 Å². The van der Waals surface area contributed by atoms with Crippen molar-refractivity contribution in [2.45, 2.75) is 33.5 Å². The number of anilines is 1. The van der Waals surface area contributed by atoms with Gasteiger partial charge in [-0.15, -0.1) is 5.10 Å². The Bertz CT molecular complexity index is 1000. The summed E-state index contributed by atoms with van der Waals surface area (Å²) in [6.45, 7) is 10.2. The Labute approximate surface area is 177 Å². The maximum atomic E-state index is 5.81. The van der Waals surface area contributed by atoms with E-state index in [-0.39, 0.29) is 0 Å². The van der Waals surface area contributed by atoms with Crippen LogP contribution in [0.5, 0.6) is 0 Å². The molecular formula is C22H30N6S+2. The van der Waals surface area contributed by atoms with Crippen molar-refractivity contribution >= 4 is 18.0 Å². The van der Waals surface area contributed by atoms with E-state index in [0.29, 0.717) is 0 Å². The van der Waals surface area contributed by atoms with Gasteiger partial charge in [-0.25, -0.2) is 4.98 Å². The molecule has 4 rings (SSSR count). The Morgan fingerprint density at radius 3 is 2.66 bits per heavy atom. The van der Waals surface area contributed by atoms with Gasteiger partial charge in [0.25, 0.3) is 5.82 Å². The molecule has 0 spiro atoms. The topological polar surface area (TPSA) is 44.6 Å². The predicted molar refractivity (Wildman–Crippen MR) is 117 cm³/mol. The lowest BCUT2D eigenvalue weighted by atomic mass is 10.1. The summed E-state index contributed by atoms with van der Waals surface area (Å²) in [4.78, 5) is 7.27. The fourth-order valence-electron chi connectivity index (χ4n) is 3.98. The average Bonchev–Trinajstić information content (AvgIpc) is 3.05. The highest BCUT2D eigenvalue weighted by molar-refractivity contribution is 7.71. The Balaban J connectivity index is 1.51. The number of quaternary nitrogens is 1. The Hall–Kier alpha value is -2.51. The van der Waals surface area contributed by atoms with Crippen molar-refractivity contribution in [2.24, 2.45) is 0 Å². The van der Waals surface area contributed by atoms with E-state index < -0.39 is 0 Å². The van der Waals surface area contributed by atoms with Gasteiger partial charge in [0.15, 0.2) is 12.5 Å². The molecule has 1 fully saturated rings. The van der Waals surface area contributed by atoms with Crippen molar-refractivity contribution in [1.82, 2.24) is 14.3 Å². The molecule has 0 saturated carbocycles. The van der Waals surface area contributed by atoms with Crippen molar-refractivity contribution in [3.63, 3.8) is 0 Å². The van der Waals surface area contributed by atoms with Crippen LogP contribution in [-0.4, -0.2) is 40.5 Å². The SMILES string of the molecule is CCCn1c(-c2cccc(C)c2)nn(C[NH+]2CCN(c3cccc[nH+]3)CC2)c1=S.